The summed E-state index contributed by atoms with van der Waals surface area (Å²) in [4.78, 5) is 62.8. The maximum Gasteiger partial charge on any atom is 0.386 e. The van der Waals surface area contributed by atoms with Crippen molar-refractivity contribution < 1.29 is 52.0 Å². The molecule has 0 aromatic carbocycles. The molecule has 2 unspecified atom stereocenters. The van der Waals surface area contributed by atoms with Gasteiger partial charge in [0.2, 0.25) is 5.95 Å². The Kier molecular flexibility index (Phi) is 11.6. The summed E-state index contributed by atoms with van der Waals surface area (Å²) in [5, 5.41) is 20.8. The number of aliphatic hydroxyl groups excluding tert-OH is 2. The first kappa shape index (κ1) is 41.7. The second kappa shape index (κ2) is 16.5. The van der Waals surface area contributed by atoms with Gasteiger partial charge in [-0.3, -0.25) is 32.5 Å². The SMILES string of the molecule is Nc1ccn([C@H]2C[C@@H](OP(O)(=S)OC[C@H]3O[C@@H](n4cnc5c(=O)[nH]c(N)nc54)C[C@H]3OP(=O)(S)OC[C@H]3O[C@@H](n4cnc5c(N)ncnc54)C[C@H]3O)[C@@H](CO)O2)c(=O)n1. The molecule has 10 N–H and O–H groups in total. The van der Waals surface area contributed by atoms with Gasteiger partial charge in [-0.25, -0.2) is 29.3 Å². The van der Waals surface area contributed by atoms with E-state index in [1.807, 2.05) is 0 Å². The zero-order valence-corrected chi connectivity index (χ0v) is 33.8. The summed E-state index contributed by atoms with van der Waals surface area (Å²) in [5.41, 5.74) is 16.7. The van der Waals surface area contributed by atoms with E-state index in [1.54, 1.807) is 4.57 Å². The van der Waals surface area contributed by atoms with Gasteiger partial charge in [0.05, 0.1) is 44.7 Å². The Morgan fingerprint density at radius 3 is 2.25 bits per heavy atom. The quantitative estimate of drug-likeness (QED) is 0.0501. The van der Waals surface area contributed by atoms with Crippen LogP contribution in [0.15, 0.2) is 40.8 Å². The fourth-order valence-electron chi connectivity index (χ4n) is 6.93. The van der Waals surface area contributed by atoms with Crippen LogP contribution in [0.5, 0.6) is 0 Å². The summed E-state index contributed by atoms with van der Waals surface area (Å²) < 4.78 is 58.9. The number of aromatic amines is 1. The maximum atomic E-state index is 13.8. The molecule has 0 bridgehead atoms. The van der Waals surface area contributed by atoms with E-state index in [9.17, 15) is 29.3 Å². The number of nitrogens with zero attached hydrogens (tertiary/aromatic N) is 9. The molecule has 0 amide bonds. The van der Waals surface area contributed by atoms with E-state index >= 15 is 0 Å². The number of rotatable bonds is 14. The number of aromatic nitrogens is 10. The van der Waals surface area contributed by atoms with Gasteiger partial charge >= 0.3 is 19.2 Å². The lowest BCUT2D eigenvalue weighted by Gasteiger charge is -2.26. The van der Waals surface area contributed by atoms with Gasteiger partial charge in [-0.15, -0.1) is 0 Å². The Bertz CT molecular complexity index is 2580. The molecule has 8 heterocycles. The molecular formula is C29H37N13O13P2S2. The van der Waals surface area contributed by atoms with Crippen molar-refractivity contribution in [1.82, 2.24) is 48.6 Å². The number of aliphatic hydroxyl groups is 2. The van der Waals surface area contributed by atoms with Crippen molar-refractivity contribution in [2.75, 3.05) is 37.0 Å². The number of imidazole rings is 2. The lowest BCUT2D eigenvalue weighted by atomic mass is 10.2. The highest BCUT2D eigenvalue weighted by atomic mass is 32.7. The molecule has 3 aliphatic heterocycles. The van der Waals surface area contributed by atoms with Crippen LogP contribution in [-0.2, 0) is 48.7 Å². The summed E-state index contributed by atoms with van der Waals surface area (Å²) in [6.45, 7) is -9.94. The van der Waals surface area contributed by atoms with Gasteiger partial charge in [-0.05, 0) is 17.9 Å². The Morgan fingerprint density at radius 2 is 1.51 bits per heavy atom. The first-order valence-corrected chi connectivity index (χ1v) is 22.9. The number of H-pyrrole nitrogens is 1. The highest BCUT2D eigenvalue weighted by Crippen LogP contribution is 2.57. The lowest BCUT2D eigenvalue weighted by molar-refractivity contribution is -0.0529. The molecule has 11 atom stereocenters. The minimum atomic E-state index is -4.29. The van der Waals surface area contributed by atoms with Crippen molar-refractivity contribution in [3.05, 3.63) is 52.1 Å². The van der Waals surface area contributed by atoms with Crippen LogP contribution in [0.3, 0.4) is 0 Å². The number of ether oxygens (including phenoxy) is 3. The van der Waals surface area contributed by atoms with Crippen LogP contribution in [0.2, 0.25) is 0 Å². The van der Waals surface area contributed by atoms with Crippen molar-refractivity contribution in [3.63, 3.8) is 0 Å². The largest absolute Gasteiger partial charge is 0.394 e. The number of anilines is 3. The molecule has 318 valence electrons. The van der Waals surface area contributed by atoms with Gasteiger partial charge in [0.1, 0.15) is 60.8 Å². The molecule has 0 saturated carbocycles. The molecule has 26 nitrogen and oxygen atoms in total. The molecule has 3 aliphatic rings. The standard InChI is InChI=1S/C29H37N13O13P2S2/c30-18-1-2-40(29(46)37-18)20-4-13(15(6-43)51-20)54-57(48,59)50-8-17-14(5-21(53-17)42-11-36-23-26(42)38-28(32)39-27(23)45)55-56(47,58)49-7-16-12(44)3-19(52-16)41-10-35-22-24(31)33-9-34-25(22)41/h1-2,9-17,19-21,43-44H,3-8H2,(H,47,58)(H,48,59)(H2,30,37,46)(H2,31,33,34)(H3,32,38,39,45)/t12-,13-,14-,15-,16-,17-,19-,20-,21-,56?,57?/m1/s1. The van der Waals surface area contributed by atoms with Gasteiger partial charge < -0.3 is 55.6 Å². The summed E-state index contributed by atoms with van der Waals surface area (Å²) in [6.07, 6.45) is -3.62. The number of hydrogen-bond donors (Lipinski definition) is 8. The third-order valence-corrected chi connectivity index (χ3v) is 12.9. The topological polar surface area (TPSA) is 362 Å². The number of nitrogens with one attached hydrogen (secondary N) is 1. The molecule has 0 spiro atoms. The Labute approximate surface area is 340 Å². The van der Waals surface area contributed by atoms with Crippen LogP contribution in [0, 0.1) is 0 Å². The van der Waals surface area contributed by atoms with E-state index in [1.165, 1.54) is 35.8 Å². The van der Waals surface area contributed by atoms with E-state index in [0.29, 0.717) is 11.2 Å². The van der Waals surface area contributed by atoms with Gasteiger partial charge in [0.25, 0.3) is 5.56 Å². The third-order valence-electron chi connectivity index (χ3n) is 9.71. The number of nitrogens with two attached hydrogens (primary N) is 3. The zero-order valence-electron chi connectivity index (χ0n) is 30.3. The van der Waals surface area contributed by atoms with Gasteiger partial charge in [0.15, 0.2) is 22.6 Å². The Morgan fingerprint density at radius 1 is 0.864 bits per heavy atom. The van der Waals surface area contributed by atoms with Gasteiger partial charge in [-0.1, -0.05) is 12.2 Å². The molecule has 5 aromatic heterocycles. The first-order valence-electron chi connectivity index (χ1n) is 17.6. The Balaban J connectivity index is 0.954. The number of hydrogen-bond acceptors (Lipinski definition) is 22. The monoisotopic (exact) mass is 901 g/mol. The second-order valence-electron chi connectivity index (χ2n) is 13.6. The average molecular weight is 902 g/mol. The highest BCUT2D eigenvalue weighted by Gasteiger charge is 2.45. The smallest absolute Gasteiger partial charge is 0.386 e. The van der Waals surface area contributed by atoms with Gasteiger partial charge in [0, 0.05) is 25.5 Å². The summed E-state index contributed by atoms with van der Waals surface area (Å²) >= 11 is 9.50. The molecule has 5 aromatic rings. The van der Waals surface area contributed by atoms with Crippen LogP contribution in [0.4, 0.5) is 17.6 Å². The fraction of sp³-hybridized carbons (Fsp3) is 0.517. The van der Waals surface area contributed by atoms with E-state index in [4.69, 9.17) is 61.3 Å². The Hall–Kier alpha value is -3.99. The third kappa shape index (κ3) is 8.78. The molecule has 59 heavy (non-hydrogen) atoms. The summed E-state index contributed by atoms with van der Waals surface area (Å²) in [6, 6.07) is 1.39. The molecule has 0 aliphatic carbocycles. The van der Waals surface area contributed by atoms with Crippen molar-refractivity contribution in [3.8, 4) is 0 Å². The fourth-order valence-corrected chi connectivity index (χ4v) is 9.93. The van der Waals surface area contributed by atoms with Crippen molar-refractivity contribution in [1.29, 1.82) is 0 Å². The highest BCUT2D eigenvalue weighted by molar-refractivity contribution is 8.44. The normalized spacial score (nSPS) is 29.3. The molecule has 0 radical (unpaired) electrons. The molecule has 3 saturated heterocycles. The predicted octanol–water partition coefficient (Wildman–Crippen LogP) is -0.763. The number of nitrogen functional groups attached to an aromatic ring is 3. The van der Waals surface area contributed by atoms with Crippen molar-refractivity contribution in [2.24, 2.45) is 0 Å². The van der Waals surface area contributed by atoms with Crippen LogP contribution in [-0.4, -0.2) is 120 Å². The van der Waals surface area contributed by atoms with E-state index in [0.717, 1.165) is 4.57 Å². The maximum absolute atomic E-state index is 13.8. The molecule has 30 heteroatoms. The minimum Gasteiger partial charge on any atom is -0.394 e. The second-order valence-corrected chi connectivity index (χ2v) is 19.2. The summed E-state index contributed by atoms with van der Waals surface area (Å²) in [7, 11) is 0. The predicted molar refractivity (Wildman–Crippen MR) is 209 cm³/mol. The van der Waals surface area contributed by atoms with Crippen LogP contribution >= 0.6 is 25.8 Å². The summed E-state index contributed by atoms with van der Waals surface area (Å²) in [5.74, 6) is -0.0122. The first-order chi connectivity index (χ1) is 28.1. The molecular weight excluding hydrogens is 864 g/mol. The molecule has 8 rings (SSSR count). The van der Waals surface area contributed by atoms with E-state index < -0.39 is 99.9 Å². The zero-order chi connectivity index (χ0) is 41.8. The average Bonchev–Trinajstić information content (AvgIpc) is 4.00. The van der Waals surface area contributed by atoms with Crippen LogP contribution in [0.1, 0.15) is 37.9 Å². The number of fused-ring (bicyclic) bond motifs is 2. The lowest BCUT2D eigenvalue weighted by Crippen LogP contribution is -2.30. The van der Waals surface area contributed by atoms with Crippen LogP contribution < -0.4 is 28.5 Å². The van der Waals surface area contributed by atoms with Crippen molar-refractivity contribution >= 4 is 77.5 Å². The van der Waals surface area contributed by atoms with Crippen LogP contribution in [0.25, 0.3) is 22.3 Å². The minimum absolute atomic E-state index is 0.00268. The van der Waals surface area contributed by atoms with E-state index in [2.05, 4.69) is 47.1 Å². The molecule has 3 fully saturated rings. The van der Waals surface area contributed by atoms with Crippen molar-refractivity contribution in [2.45, 2.75) is 74.6 Å². The van der Waals surface area contributed by atoms with E-state index in [-0.39, 0.29) is 48.0 Å². The number of thiol groups is 1. The van der Waals surface area contributed by atoms with Gasteiger partial charge in [-0.2, -0.15) is 9.97 Å².